The number of rotatable bonds is 5. The fourth-order valence-electron chi connectivity index (χ4n) is 3.22. The molecule has 0 fully saturated rings. The molecule has 0 saturated carbocycles. The van der Waals surface area contributed by atoms with Crippen molar-refractivity contribution in [1.29, 1.82) is 0 Å². The molecule has 3 heteroatoms. The summed E-state index contributed by atoms with van der Waals surface area (Å²) in [5.41, 5.74) is 4.24. The summed E-state index contributed by atoms with van der Waals surface area (Å²) in [5.74, 6) is 0. The maximum atomic E-state index is 9.90. The Labute approximate surface area is 137 Å². The van der Waals surface area contributed by atoms with Crippen LogP contribution in [0.4, 0.5) is 0 Å². The van der Waals surface area contributed by atoms with Crippen molar-refractivity contribution < 1.29 is 10.2 Å². The van der Waals surface area contributed by atoms with Gasteiger partial charge in [-0.25, -0.2) is 0 Å². The van der Waals surface area contributed by atoms with Gasteiger partial charge < -0.3 is 14.8 Å². The van der Waals surface area contributed by atoms with Gasteiger partial charge in [0.25, 0.3) is 0 Å². The molecular weight excluding hydrogens is 286 g/mol. The zero-order valence-corrected chi connectivity index (χ0v) is 14.1. The normalized spacial score (nSPS) is 14.5. The lowest BCUT2D eigenvalue weighted by Crippen LogP contribution is -1.98. The molecule has 3 nitrogen and oxygen atoms in total. The summed E-state index contributed by atoms with van der Waals surface area (Å²) in [6.07, 6.45) is 1.33. The van der Waals surface area contributed by atoms with E-state index in [1.807, 2.05) is 12.1 Å². The first-order valence-corrected chi connectivity index (χ1v) is 8.45. The summed E-state index contributed by atoms with van der Waals surface area (Å²) in [6.45, 7) is 6.76. The highest BCUT2D eigenvalue weighted by Crippen LogP contribution is 2.33. The molecule has 0 aliphatic carbocycles. The molecule has 0 aliphatic rings. The van der Waals surface area contributed by atoms with Gasteiger partial charge in [0.05, 0.1) is 12.2 Å². The Bertz CT molecular complexity index is 765. The molecule has 0 saturated heterocycles. The number of nitrogens with zero attached hydrogens (tertiary/aromatic N) is 1. The predicted octanol–water partition coefficient (Wildman–Crippen LogP) is 4.70. The molecule has 0 unspecified atom stereocenters. The summed E-state index contributed by atoms with van der Waals surface area (Å²) in [6, 6.07) is 12.4. The van der Waals surface area contributed by atoms with E-state index in [1.54, 1.807) is 13.8 Å². The number of unbranched alkanes of at least 4 members (excludes halogenated alkanes) is 1. The summed E-state index contributed by atoms with van der Waals surface area (Å²) in [4.78, 5) is 0. The van der Waals surface area contributed by atoms with Gasteiger partial charge in [-0.3, -0.25) is 0 Å². The van der Waals surface area contributed by atoms with Gasteiger partial charge in [-0.1, -0.05) is 25.5 Å². The third kappa shape index (κ3) is 2.87. The second kappa shape index (κ2) is 6.34. The molecule has 0 amide bonds. The van der Waals surface area contributed by atoms with Crippen molar-refractivity contribution >= 4 is 21.8 Å². The van der Waals surface area contributed by atoms with Gasteiger partial charge in [0.2, 0.25) is 0 Å². The van der Waals surface area contributed by atoms with Gasteiger partial charge in [-0.15, -0.1) is 0 Å². The van der Waals surface area contributed by atoms with E-state index in [-0.39, 0.29) is 0 Å². The second-order valence-corrected chi connectivity index (χ2v) is 6.41. The molecule has 0 aliphatic heterocycles. The minimum absolute atomic E-state index is 0.478. The highest BCUT2D eigenvalue weighted by Gasteiger charge is 2.14. The predicted molar refractivity (Wildman–Crippen MR) is 95.6 cm³/mol. The van der Waals surface area contributed by atoms with E-state index in [0.717, 1.165) is 41.3 Å². The van der Waals surface area contributed by atoms with Crippen LogP contribution in [0.25, 0.3) is 21.8 Å². The van der Waals surface area contributed by atoms with Crippen molar-refractivity contribution in [3.05, 3.63) is 47.5 Å². The molecule has 1 aromatic heterocycles. The minimum Gasteiger partial charge on any atom is -0.389 e. The molecule has 1 heterocycles. The molecule has 2 aromatic carbocycles. The number of aliphatic hydroxyl groups is 2. The Kier molecular flexibility index (Phi) is 4.42. The summed E-state index contributed by atoms with van der Waals surface area (Å²) in [5, 5.41) is 22.1. The molecule has 3 rings (SSSR count). The van der Waals surface area contributed by atoms with Crippen LogP contribution < -0.4 is 0 Å². The van der Waals surface area contributed by atoms with Crippen molar-refractivity contribution in [3.63, 3.8) is 0 Å². The first-order chi connectivity index (χ1) is 11.0. The largest absolute Gasteiger partial charge is 0.389 e. The first kappa shape index (κ1) is 16.0. The average molecular weight is 311 g/mol. The Morgan fingerprint density at radius 3 is 1.74 bits per heavy atom. The highest BCUT2D eigenvalue weighted by molar-refractivity contribution is 6.08. The quantitative estimate of drug-likeness (QED) is 0.717. The van der Waals surface area contributed by atoms with Crippen molar-refractivity contribution in [1.82, 2.24) is 4.57 Å². The third-order valence-corrected chi connectivity index (χ3v) is 4.61. The van der Waals surface area contributed by atoms with Gasteiger partial charge in [0.15, 0.2) is 0 Å². The van der Waals surface area contributed by atoms with Crippen molar-refractivity contribution in [3.8, 4) is 0 Å². The monoisotopic (exact) mass is 311 g/mol. The van der Waals surface area contributed by atoms with E-state index >= 15 is 0 Å². The summed E-state index contributed by atoms with van der Waals surface area (Å²) in [7, 11) is 0. The Balaban J connectivity index is 2.30. The lowest BCUT2D eigenvalue weighted by atomic mass is 10.0. The second-order valence-electron chi connectivity index (χ2n) is 6.41. The number of hydrogen-bond acceptors (Lipinski definition) is 2. The van der Waals surface area contributed by atoms with E-state index in [0.29, 0.717) is 0 Å². The Hall–Kier alpha value is -1.84. The zero-order valence-electron chi connectivity index (χ0n) is 14.1. The molecular formula is C20H25NO2. The average Bonchev–Trinajstić information content (AvgIpc) is 2.85. The Morgan fingerprint density at radius 1 is 0.870 bits per heavy atom. The van der Waals surface area contributed by atoms with Gasteiger partial charge in [0.1, 0.15) is 0 Å². The van der Waals surface area contributed by atoms with Crippen LogP contribution in [-0.2, 0) is 6.54 Å². The van der Waals surface area contributed by atoms with Gasteiger partial charge >= 0.3 is 0 Å². The van der Waals surface area contributed by atoms with E-state index in [4.69, 9.17) is 0 Å². The zero-order chi connectivity index (χ0) is 16.6. The van der Waals surface area contributed by atoms with Crippen LogP contribution in [0.3, 0.4) is 0 Å². The smallest absolute Gasteiger partial charge is 0.0762 e. The Morgan fingerprint density at radius 2 is 1.35 bits per heavy atom. The molecule has 23 heavy (non-hydrogen) atoms. The molecule has 2 atom stereocenters. The fraction of sp³-hybridized carbons (Fsp3) is 0.400. The molecule has 122 valence electrons. The van der Waals surface area contributed by atoms with E-state index in [9.17, 15) is 10.2 Å². The summed E-state index contributed by atoms with van der Waals surface area (Å²) >= 11 is 0. The van der Waals surface area contributed by atoms with Crippen LogP contribution in [0.5, 0.6) is 0 Å². The van der Waals surface area contributed by atoms with Gasteiger partial charge in [-0.05, 0) is 55.7 Å². The van der Waals surface area contributed by atoms with Crippen LogP contribution in [0, 0.1) is 0 Å². The number of benzene rings is 2. The standard InChI is InChI=1S/C20H25NO2/c1-4-5-10-21-19-8-6-15(13(2)22)11-17(19)18-12-16(14(3)23)7-9-20(18)21/h6-9,11-14,22-23H,4-5,10H2,1-3H3/t13-,14+. The summed E-state index contributed by atoms with van der Waals surface area (Å²) < 4.78 is 2.35. The van der Waals surface area contributed by atoms with Crippen molar-refractivity contribution in [2.45, 2.75) is 52.4 Å². The van der Waals surface area contributed by atoms with Gasteiger partial charge in [0, 0.05) is 28.4 Å². The maximum absolute atomic E-state index is 9.90. The molecule has 0 bridgehead atoms. The molecule has 0 radical (unpaired) electrons. The third-order valence-electron chi connectivity index (χ3n) is 4.61. The van der Waals surface area contributed by atoms with E-state index < -0.39 is 12.2 Å². The van der Waals surface area contributed by atoms with Crippen LogP contribution >= 0.6 is 0 Å². The van der Waals surface area contributed by atoms with Gasteiger partial charge in [-0.2, -0.15) is 0 Å². The maximum Gasteiger partial charge on any atom is 0.0762 e. The molecule has 3 aromatic rings. The molecule has 2 N–H and O–H groups in total. The molecule has 0 spiro atoms. The topological polar surface area (TPSA) is 45.4 Å². The number of fused-ring (bicyclic) bond motifs is 3. The lowest BCUT2D eigenvalue weighted by Gasteiger charge is -2.08. The number of hydrogen-bond donors (Lipinski definition) is 2. The number of aliphatic hydroxyl groups excluding tert-OH is 2. The van der Waals surface area contributed by atoms with Crippen molar-refractivity contribution in [2.75, 3.05) is 0 Å². The minimum atomic E-state index is -0.478. The lowest BCUT2D eigenvalue weighted by molar-refractivity contribution is 0.199. The number of aryl methyl sites for hydroxylation is 1. The van der Waals surface area contributed by atoms with Crippen LogP contribution in [0.2, 0.25) is 0 Å². The van der Waals surface area contributed by atoms with Crippen LogP contribution in [-0.4, -0.2) is 14.8 Å². The number of aromatic nitrogens is 1. The van der Waals surface area contributed by atoms with Crippen LogP contribution in [0.1, 0.15) is 56.9 Å². The van der Waals surface area contributed by atoms with E-state index in [2.05, 4.69) is 35.8 Å². The fourth-order valence-corrected chi connectivity index (χ4v) is 3.22. The first-order valence-electron chi connectivity index (χ1n) is 8.45. The van der Waals surface area contributed by atoms with Crippen molar-refractivity contribution in [2.24, 2.45) is 0 Å². The SMILES string of the molecule is CCCCn1c2ccc([C@H](C)O)cc2c2cc([C@@H](C)O)ccc21. The van der Waals surface area contributed by atoms with E-state index in [1.165, 1.54) is 11.0 Å². The highest BCUT2D eigenvalue weighted by atomic mass is 16.3. The van der Waals surface area contributed by atoms with Crippen LogP contribution in [0.15, 0.2) is 36.4 Å².